The zero-order valence-electron chi connectivity index (χ0n) is 44.9. The van der Waals surface area contributed by atoms with E-state index in [4.69, 9.17) is 0 Å². The third kappa shape index (κ3) is 50800. The van der Waals surface area contributed by atoms with Crippen LogP contribution in [0.15, 0.2) is 0 Å². The number of hydrogen-bond donors (Lipinski definition) is 0. The fraction of sp³-hybridized carbons (Fsp3) is 0. The summed E-state index contributed by atoms with van der Waals surface area (Å²) in [6.45, 7) is 0. The van der Waals surface area contributed by atoms with Crippen LogP contribution >= 0.6 is 0 Å². The van der Waals surface area contributed by atoms with Gasteiger partial charge in [0.1, 0.15) is 0 Å². The second-order valence-corrected chi connectivity index (χ2v) is 0. The van der Waals surface area contributed by atoms with Crippen molar-refractivity contribution in [2.24, 2.45) is 0 Å². The van der Waals surface area contributed by atoms with Crippen molar-refractivity contribution in [3.8, 4) is 0 Å². The minimum Gasteiger partial charge on any atom is -0.412 e. The molecule has 0 fully saturated rings. The first-order valence-electron chi connectivity index (χ1n) is 0. The summed E-state index contributed by atoms with van der Waals surface area (Å²) in [4.78, 5) is 0. The molecule has 0 bridgehead atoms. The molecule has 287 radical (unpaired) electrons. The summed E-state index contributed by atoms with van der Waals surface area (Å²) in [7, 11) is 0. The van der Waals surface area contributed by atoms with Gasteiger partial charge in [0.2, 0.25) is 0 Å². The maximum atomic E-state index is 0. The predicted molar refractivity (Wildman–Crippen MR) is 218 cm³/mol. The van der Waals surface area contributed by atoms with Crippen LogP contribution in [0.25, 0.3) is 0 Å². The van der Waals surface area contributed by atoms with Gasteiger partial charge in [-0.3, -0.25) is 0 Å². The molecule has 513 valence electrons. The fourth-order valence-electron chi connectivity index (χ4n) is 0. The molecule has 0 unspecified atom stereocenters. The lowest BCUT2D eigenvalue weighted by molar-refractivity contribution is 0.686. The van der Waals surface area contributed by atoms with Crippen LogP contribution in [0, 0.1) is 0 Å². The molecule has 8 N–H and O–H groups in total. The smallest absolute Gasteiger partial charge is 0 e. The molecular formula is H8N95O5. The van der Waals surface area contributed by atoms with Crippen molar-refractivity contribution in [2.45, 2.75) is 0 Å². The molecule has 0 aliphatic heterocycles. The Hall–Kier alpha value is -4.00. The first-order valence-corrected chi connectivity index (χ1v) is 0. The first-order chi connectivity index (χ1) is 0. The van der Waals surface area contributed by atoms with Gasteiger partial charge in [-0.05, 0) is 0 Å². The molecule has 0 aliphatic rings. The van der Waals surface area contributed by atoms with Gasteiger partial charge in [-0.2, -0.15) is 0 Å². The molecule has 100 heavy (non-hydrogen) atoms. The molecule has 0 amide bonds. The summed E-state index contributed by atoms with van der Waals surface area (Å²) in [5.74, 6) is 0. The third-order valence-electron chi connectivity index (χ3n) is 0. The molecule has 0 spiro atoms. The van der Waals surface area contributed by atoms with Gasteiger partial charge in [-0.15, -0.1) is 0 Å². The average molecular weight is 1420 g/mol. The van der Waals surface area contributed by atoms with E-state index in [9.17, 15) is 0 Å². The average Bonchev–Trinajstić information content (AvgIpc) is 0. The highest BCUT2D eigenvalue weighted by Crippen LogP contribution is -0.118. The number of nitrogens with zero attached hydrogens (tertiary/aromatic N) is 95. The molecule has 100 heteroatoms. The highest BCUT2D eigenvalue weighted by Gasteiger charge is 0.0958. The van der Waals surface area contributed by atoms with Crippen LogP contribution in [-0.4, -0.2) is 21.9 Å². The largest absolute Gasteiger partial charge is 0.412 e. The van der Waals surface area contributed by atoms with Crippen LogP contribution in [0.4, 0.5) is 0 Å². The molecule has 100 nitrogen and oxygen atoms in total. The minimum atomic E-state index is 0. The van der Waals surface area contributed by atoms with E-state index in [1.807, 2.05) is 0 Å². The third-order valence-corrected chi connectivity index (χ3v) is 0. The van der Waals surface area contributed by atoms with E-state index >= 15 is 0 Å². The Bertz CT molecular complexity index is 28.6. The fourth-order valence-corrected chi connectivity index (χ4v) is 0. The van der Waals surface area contributed by atoms with Gasteiger partial charge in [0, 0.05) is 590 Å². The molecule has 0 heterocycles. The van der Waals surface area contributed by atoms with Gasteiger partial charge < -0.3 is 21.9 Å². The Morgan fingerprint density at radius 3 is 0.0300 bits per heavy atom. The van der Waals surface area contributed by atoms with Crippen molar-refractivity contribution in [1.29, 1.82) is 0 Å². The second kappa shape index (κ2) is 52500. The highest BCUT2D eigenvalue weighted by atomic mass is 16.0. The van der Waals surface area contributed by atoms with E-state index in [0.29, 0.717) is 0 Å². The zero-order chi connectivity index (χ0) is 0. The summed E-state index contributed by atoms with van der Waals surface area (Å²) in [5, 5.41) is 0. The van der Waals surface area contributed by atoms with Gasteiger partial charge >= 0.3 is 0 Å². The normalized spacial score (nSPS) is 0. The van der Waals surface area contributed by atoms with Gasteiger partial charge in [0.05, 0.1) is 0 Å². The van der Waals surface area contributed by atoms with E-state index in [0.717, 1.165) is 0 Å². The Balaban J connectivity index is 0. The SMILES string of the molecule is O.O.O.O.[N].[N].[N].[N].[N].[N].[N].[N].[N].[N].[N].[N].[N].[N].[N].[N].[N].[N].[N].[N].[N].[N].[N].[N].[N].[N].[N].[N].[N].[N].[N].[N].[N].[N].[N].[N].[N].[N].[N].[N].[N].[N].[N].[N].[N].[N].[N].[N].[N].[N].[N].[N].[N].[N].[N].[N].[N].[N].[N].[N].[N].[N].[N].[N].[N].[N].[N].[N].[N].[N].[N].[N].[N].[N].[N].[N].[N].[N].[N].[N].[N].[N].[N].[N].[N].[N].[N].[N].[N].[N].[N].[N].[N].[N].[N].[O]. The van der Waals surface area contributed by atoms with Crippen molar-refractivity contribution >= 4 is 0 Å². The Labute approximate surface area is 612 Å². The van der Waals surface area contributed by atoms with Crippen molar-refractivity contribution in [2.75, 3.05) is 0 Å². The molecule has 0 atom stereocenters. The van der Waals surface area contributed by atoms with E-state index in [1.54, 1.807) is 0 Å². The van der Waals surface area contributed by atoms with Crippen LogP contribution in [-0.2, 0) is 5.48 Å². The number of rotatable bonds is 0. The maximum absolute atomic E-state index is 0. The quantitative estimate of drug-likeness (QED) is 0.218. The van der Waals surface area contributed by atoms with Crippen LogP contribution in [0.2, 0.25) is 0 Å². The summed E-state index contributed by atoms with van der Waals surface area (Å²) in [6, 6.07) is 0. The van der Waals surface area contributed by atoms with E-state index < -0.39 is 0 Å². The monoisotopic (exact) mass is 1420 g/mol. The molecule has 0 aliphatic carbocycles. The van der Waals surface area contributed by atoms with Crippen molar-refractivity contribution in [3.63, 3.8) is 0 Å². The number of hydrogen-bond acceptors (Lipinski definition) is 0. The van der Waals surface area contributed by atoms with Gasteiger partial charge in [-0.1, -0.05) is 0 Å². The summed E-state index contributed by atoms with van der Waals surface area (Å²) in [6.07, 6.45) is 0. The van der Waals surface area contributed by atoms with Crippen molar-refractivity contribution in [3.05, 3.63) is 0 Å². The lowest BCUT2D eigenvalue weighted by Crippen LogP contribution is -0.482. The summed E-state index contributed by atoms with van der Waals surface area (Å²) in [5.41, 5.74) is 0. The van der Waals surface area contributed by atoms with Crippen LogP contribution in [0.5, 0.6) is 0 Å². The van der Waals surface area contributed by atoms with E-state index in [1.165, 1.54) is 0 Å². The van der Waals surface area contributed by atoms with E-state index in [-0.39, 0.29) is 612 Å². The van der Waals surface area contributed by atoms with Crippen LogP contribution < -0.4 is 584 Å². The molecule has 0 aromatic heterocycles. The first kappa shape index (κ1) is 54100. The zero-order valence-corrected chi connectivity index (χ0v) is 44.9. The van der Waals surface area contributed by atoms with Crippen molar-refractivity contribution in [1.82, 2.24) is 584 Å². The van der Waals surface area contributed by atoms with Gasteiger partial charge in [0.15, 0.2) is 0 Å². The molecular weight excluding hydrogens is 1410 g/mol. The summed E-state index contributed by atoms with van der Waals surface area (Å²) >= 11 is 0. The lowest BCUT2D eigenvalue weighted by atomic mass is 14.0. The Kier molecular flexibility index (Phi) is 28400000. The molecule has 0 aromatic carbocycles. The molecule has 0 saturated carbocycles. The highest BCUT2D eigenvalue weighted by molar-refractivity contribution is 2.23. The van der Waals surface area contributed by atoms with Crippen molar-refractivity contribution < 1.29 is 27.4 Å². The van der Waals surface area contributed by atoms with Crippen LogP contribution in [0.1, 0.15) is 0 Å². The second-order valence-electron chi connectivity index (χ2n) is 0. The minimum absolute atomic E-state index is 0. The standard InChI is InChI=1S/95N.4H2O.O/h;;;;;;;;;;;;;;;;;;;;;;;;;;;;;;;;;;;;;;;;;;;;;;;;;;;;;;;;;;;;;;;;;;;;;;;;;;;;;;;;;;;;;;;;;;;;;;;4*1H2;. The van der Waals surface area contributed by atoms with Gasteiger partial charge in [0.25, 0.3) is 0 Å². The predicted octanol–water partition coefficient (Wildman–Crippen LogP) is -49.1. The maximum Gasteiger partial charge on any atom is 0 e. The van der Waals surface area contributed by atoms with E-state index in [2.05, 4.69) is 0 Å². The molecule has 0 rings (SSSR count). The Morgan fingerprint density at radius 1 is 0.0300 bits per heavy atom. The topological polar surface area (TPSA) is 3050 Å². The Morgan fingerprint density at radius 2 is 0.0300 bits per heavy atom. The molecule has 0 saturated heterocycles. The summed E-state index contributed by atoms with van der Waals surface area (Å²) < 4.78 is 0. The lowest BCUT2D eigenvalue weighted by Gasteiger charge is -0.413. The molecule has 0 aromatic rings. The van der Waals surface area contributed by atoms with Crippen LogP contribution in [0.3, 0.4) is 0 Å². The van der Waals surface area contributed by atoms with Gasteiger partial charge in [-0.25, -0.2) is 0 Å².